The van der Waals surface area contributed by atoms with Crippen molar-refractivity contribution in [3.63, 3.8) is 0 Å². The molecule has 26 heavy (non-hydrogen) atoms. The maximum atomic E-state index is 13.4. The second-order valence-corrected chi connectivity index (χ2v) is 8.69. The number of carbonyl (C=O) groups excluding carboxylic acids is 1. The van der Waals surface area contributed by atoms with E-state index in [-0.39, 0.29) is 28.8 Å². The first kappa shape index (κ1) is 19.4. The van der Waals surface area contributed by atoms with Gasteiger partial charge in [-0.25, -0.2) is 4.79 Å². The summed E-state index contributed by atoms with van der Waals surface area (Å²) in [4.78, 5) is 27.2. The summed E-state index contributed by atoms with van der Waals surface area (Å²) >= 11 is 1.20. The van der Waals surface area contributed by atoms with Gasteiger partial charge in [-0.3, -0.25) is 4.79 Å². The predicted molar refractivity (Wildman–Crippen MR) is 103 cm³/mol. The van der Waals surface area contributed by atoms with Gasteiger partial charge in [0.05, 0.1) is 11.8 Å². The number of anilines is 1. The number of thiophene rings is 1. The molecule has 1 heterocycles. The number of hydrogen-bond donors (Lipinski definition) is 1. The first-order chi connectivity index (χ1) is 12.5. The Kier molecular flexibility index (Phi) is 6.35. The van der Waals surface area contributed by atoms with Gasteiger partial charge in [-0.05, 0) is 68.7 Å². The molecule has 2 aliphatic carbocycles. The van der Waals surface area contributed by atoms with Crippen molar-refractivity contribution >= 4 is 28.9 Å². The second-order valence-electron chi connectivity index (χ2n) is 7.77. The zero-order chi connectivity index (χ0) is 18.7. The van der Waals surface area contributed by atoms with Crippen LogP contribution in [0.5, 0.6) is 0 Å². The van der Waals surface area contributed by atoms with E-state index < -0.39 is 5.97 Å². The van der Waals surface area contributed by atoms with E-state index in [2.05, 4.69) is 6.92 Å². The molecule has 2 saturated carbocycles. The largest absolute Gasteiger partial charge is 0.477 e. The minimum absolute atomic E-state index is 0.0212. The maximum absolute atomic E-state index is 13.4. The normalized spacial score (nSPS) is 29.3. The summed E-state index contributed by atoms with van der Waals surface area (Å²) in [6.45, 7) is 2.24. The number of carbonyl (C=O) groups is 2. The van der Waals surface area contributed by atoms with E-state index in [1.54, 1.807) is 18.6 Å². The monoisotopic (exact) mass is 379 g/mol. The third-order valence-electron chi connectivity index (χ3n) is 6.04. The summed E-state index contributed by atoms with van der Waals surface area (Å²) in [5, 5.41) is 11.3. The Morgan fingerprint density at radius 2 is 1.77 bits per heavy atom. The Balaban J connectivity index is 1.85. The molecule has 0 aliphatic heterocycles. The summed E-state index contributed by atoms with van der Waals surface area (Å²) in [5.41, 5.74) is 0.590. The van der Waals surface area contributed by atoms with Crippen molar-refractivity contribution in [2.24, 2.45) is 11.8 Å². The maximum Gasteiger partial charge on any atom is 0.348 e. The van der Waals surface area contributed by atoms with E-state index in [9.17, 15) is 14.7 Å². The molecule has 3 rings (SSSR count). The van der Waals surface area contributed by atoms with Crippen LogP contribution < -0.4 is 4.90 Å². The van der Waals surface area contributed by atoms with E-state index in [1.807, 2.05) is 4.90 Å². The van der Waals surface area contributed by atoms with Crippen LogP contribution in [0.3, 0.4) is 0 Å². The fourth-order valence-electron chi connectivity index (χ4n) is 4.39. The molecule has 0 saturated heterocycles. The third kappa shape index (κ3) is 4.12. The molecule has 6 heteroatoms. The fourth-order valence-corrected chi connectivity index (χ4v) is 5.11. The average molecular weight is 380 g/mol. The molecule has 5 nitrogen and oxygen atoms in total. The van der Waals surface area contributed by atoms with Crippen LogP contribution >= 0.6 is 11.3 Å². The van der Waals surface area contributed by atoms with Crippen molar-refractivity contribution in [1.82, 2.24) is 0 Å². The Hall–Kier alpha value is -1.40. The molecule has 0 aromatic carbocycles. The molecule has 0 radical (unpaired) electrons. The lowest BCUT2D eigenvalue weighted by Gasteiger charge is -2.39. The van der Waals surface area contributed by atoms with E-state index in [0.717, 1.165) is 51.4 Å². The SMILES string of the molecule is COC1CCC(N(C(=O)C2CCC(C)CC2)c2ccsc2C(=O)O)CC1. The summed E-state index contributed by atoms with van der Waals surface area (Å²) in [6, 6.07) is 1.88. The van der Waals surface area contributed by atoms with Gasteiger partial charge in [0.2, 0.25) is 5.91 Å². The van der Waals surface area contributed by atoms with Crippen molar-refractivity contribution in [2.75, 3.05) is 12.0 Å². The molecular formula is C20H29NO4S. The topological polar surface area (TPSA) is 66.8 Å². The van der Waals surface area contributed by atoms with Crippen LogP contribution in [-0.4, -0.2) is 36.2 Å². The number of rotatable bonds is 5. The van der Waals surface area contributed by atoms with Gasteiger partial charge in [0.25, 0.3) is 0 Å². The van der Waals surface area contributed by atoms with Gasteiger partial charge in [0.15, 0.2) is 0 Å². The summed E-state index contributed by atoms with van der Waals surface area (Å²) < 4.78 is 5.46. The summed E-state index contributed by atoms with van der Waals surface area (Å²) in [6.07, 6.45) is 7.79. The lowest BCUT2D eigenvalue weighted by Crippen LogP contribution is -2.47. The van der Waals surface area contributed by atoms with Crippen LogP contribution in [0.2, 0.25) is 0 Å². The highest BCUT2D eigenvalue weighted by atomic mass is 32.1. The van der Waals surface area contributed by atoms with Crippen molar-refractivity contribution < 1.29 is 19.4 Å². The second kappa shape index (κ2) is 8.53. The zero-order valence-electron chi connectivity index (χ0n) is 15.6. The Bertz CT molecular complexity index is 628. The van der Waals surface area contributed by atoms with Gasteiger partial charge in [0, 0.05) is 19.1 Å². The highest BCUT2D eigenvalue weighted by Gasteiger charge is 2.36. The smallest absolute Gasteiger partial charge is 0.348 e. The number of aromatic carboxylic acids is 1. The van der Waals surface area contributed by atoms with Gasteiger partial charge in [-0.2, -0.15) is 0 Å². The molecule has 2 fully saturated rings. The van der Waals surface area contributed by atoms with Crippen LogP contribution in [-0.2, 0) is 9.53 Å². The minimum atomic E-state index is -0.948. The number of nitrogens with zero attached hydrogens (tertiary/aromatic N) is 1. The quantitative estimate of drug-likeness (QED) is 0.814. The average Bonchev–Trinajstić information content (AvgIpc) is 3.12. The van der Waals surface area contributed by atoms with E-state index in [4.69, 9.17) is 4.74 Å². The van der Waals surface area contributed by atoms with Gasteiger partial charge in [-0.1, -0.05) is 6.92 Å². The lowest BCUT2D eigenvalue weighted by molar-refractivity contribution is -0.124. The molecular weight excluding hydrogens is 350 g/mol. The van der Waals surface area contributed by atoms with Crippen LogP contribution in [0.4, 0.5) is 5.69 Å². The van der Waals surface area contributed by atoms with E-state index >= 15 is 0 Å². The summed E-state index contributed by atoms with van der Waals surface area (Å²) in [7, 11) is 1.73. The molecule has 144 valence electrons. The molecule has 2 aliphatic rings. The van der Waals surface area contributed by atoms with Crippen molar-refractivity contribution in [3.05, 3.63) is 16.3 Å². The van der Waals surface area contributed by atoms with Crippen LogP contribution in [0.1, 0.15) is 68.0 Å². The van der Waals surface area contributed by atoms with Crippen molar-refractivity contribution in [3.8, 4) is 0 Å². The van der Waals surface area contributed by atoms with E-state index in [0.29, 0.717) is 11.6 Å². The minimum Gasteiger partial charge on any atom is -0.477 e. The Morgan fingerprint density at radius 3 is 2.35 bits per heavy atom. The molecule has 1 aromatic rings. The molecule has 0 bridgehead atoms. The molecule has 1 N–H and O–H groups in total. The van der Waals surface area contributed by atoms with Gasteiger partial charge < -0.3 is 14.7 Å². The number of ether oxygens (including phenoxy) is 1. The third-order valence-corrected chi connectivity index (χ3v) is 6.93. The van der Waals surface area contributed by atoms with Crippen LogP contribution in [0.25, 0.3) is 0 Å². The predicted octanol–water partition coefficient (Wildman–Crippen LogP) is 4.56. The number of carboxylic acid groups (broad SMARTS) is 1. The first-order valence-electron chi connectivity index (χ1n) is 9.68. The number of hydrogen-bond acceptors (Lipinski definition) is 4. The standard InChI is InChI=1S/C20H29NO4S/c1-13-3-5-14(6-4-13)19(22)21(15-7-9-16(25-2)10-8-15)17-11-12-26-18(17)20(23)24/h11-16H,3-10H2,1-2H3,(H,23,24). The fraction of sp³-hybridized carbons (Fsp3) is 0.700. The Morgan fingerprint density at radius 1 is 1.12 bits per heavy atom. The lowest BCUT2D eigenvalue weighted by atomic mass is 9.81. The molecule has 1 aromatic heterocycles. The highest BCUT2D eigenvalue weighted by Crippen LogP contribution is 2.37. The molecule has 0 unspecified atom stereocenters. The van der Waals surface area contributed by atoms with E-state index in [1.165, 1.54) is 11.3 Å². The zero-order valence-corrected chi connectivity index (χ0v) is 16.5. The Labute approximate surface area is 159 Å². The number of carboxylic acids is 1. The van der Waals surface area contributed by atoms with Gasteiger partial charge >= 0.3 is 5.97 Å². The number of methoxy groups -OCH3 is 1. The first-order valence-corrected chi connectivity index (χ1v) is 10.6. The molecule has 0 spiro atoms. The summed E-state index contributed by atoms with van der Waals surface area (Å²) in [5.74, 6) is -0.123. The van der Waals surface area contributed by atoms with Crippen molar-refractivity contribution in [2.45, 2.75) is 70.4 Å². The number of amides is 1. The molecule has 1 amide bonds. The highest BCUT2D eigenvalue weighted by molar-refractivity contribution is 7.12. The molecule has 0 atom stereocenters. The van der Waals surface area contributed by atoms with Crippen molar-refractivity contribution in [1.29, 1.82) is 0 Å². The van der Waals surface area contributed by atoms with Gasteiger partial charge in [-0.15, -0.1) is 11.3 Å². The van der Waals surface area contributed by atoms with Crippen LogP contribution in [0, 0.1) is 11.8 Å². The van der Waals surface area contributed by atoms with Gasteiger partial charge in [0.1, 0.15) is 4.88 Å². The van der Waals surface area contributed by atoms with Crippen LogP contribution in [0.15, 0.2) is 11.4 Å².